The number of hydrogen-bond donors (Lipinski definition) is 2. The lowest BCUT2D eigenvalue weighted by atomic mass is 10.1. The standard InChI is InChI=1S/C17H14N4O/c1-21-10-9-11-12(6-4-8-15(11)21)17(22)18-16-13-5-2-3-7-14(13)19-20-16/h2-10H,1H3,(H2,18,19,20,22). The van der Waals surface area contributed by atoms with E-state index in [0.717, 1.165) is 21.8 Å². The molecular formula is C17H14N4O. The molecule has 4 rings (SSSR count). The van der Waals surface area contributed by atoms with E-state index in [1.807, 2.05) is 66.3 Å². The zero-order chi connectivity index (χ0) is 15.1. The summed E-state index contributed by atoms with van der Waals surface area (Å²) < 4.78 is 2.00. The van der Waals surface area contributed by atoms with Gasteiger partial charge in [0.2, 0.25) is 0 Å². The Morgan fingerprint density at radius 3 is 2.86 bits per heavy atom. The number of hydrogen-bond acceptors (Lipinski definition) is 2. The van der Waals surface area contributed by atoms with Crippen LogP contribution in [0.5, 0.6) is 0 Å². The number of rotatable bonds is 2. The Hall–Kier alpha value is -3.08. The van der Waals surface area contributed by atoms with E-state index >= 15 is 0 Å². The molecule has 0 atom stereocenters. The Bertz CT molecular complexity index is 996. The lowest BCUT2D eigenvalue weighted by molar-refractivity contribution is 0.102. The summed E-state index contributed by atoms with van der Waals surface area (Å²) in [5, 5.41) is 11.8. The van der Waals surface area contributed by atoms with Crippen LogP contribution < -0.4 is 5.32 Å². The molecule has 0 bridgehead atoms. The third-order valence-electron chi connectivity index (χ3n) is 3.87. The highest BCUT2D eigenvalue weighted by Crippen LogP contribution is 2.23. The van der Waals surface area contributed by atoms with Gasteiger partial charge in [0.15, 0.2) is 5.82 Å². The van der Waals surface area contributed by atoms with E-state index in [4.69, 9.17) is 0 Å². The normalized spacial score (nSPS) is 11.1. The highest BCUT2D eigenvalue weighted by atomic mass is 16.1. The maximum absolute atomic E-state index is 12.6. The summed E-state index contributed by atoms with van der Waals surface area (Å²) in [6.07, 6.45) is 1.95. The maximum atomic E-state index is 12.6. The van der Waals surface area contributed by atoms with E-state index in [1.54, 1.807) is 0 Å². The van der Waals surface area contributed by atoms with Crippen molar-refractivity contribution in [2.24, 2.45) is 7.05 Å². The number of nitrogens with one attached hydrogen (secondary N) is 2. The highest BCUT2D eigenvalue weighted by Gasteiger charge is 2.14. The highest BCUT2D eigenvalue weighted by molar-refractivity contribution is 6.14. The molecule has 2 heterocycles. The molecule has 108 valence electrons. The first-order valence-electron chi connectivity index (χ1n) is 7.02. The minimum Gasteiger partial charge on any atom is -0.351 e. The van der Waals surface area contributed by atoms with Crippen molar-refractivity contribution in [1.29, 1.82) is 0 Å². The molecule has 5 nitrogen and oxygen atoms in total. The molecule has 2 N–H and O–H groups in total. The smallest absolute Gasteiger partial charge is 0.257 e. The van der Waals surface area contributed by atoms with Crippen molar-refractivity contribution in [3.63, 3.8) is 0 Å². The van der Waals surface area contributed by atoms with E-state index < -0.39 is 0 Å². The van der Waals surface area contributed by atoms with Crippen molar-refractivity contribution in [1.82, 2.24) is 14.8 Å². The molecule has 22 heavy (non-hydrogen) atoms. The van der Waals surface area contributed by atoms with Gasteiger partial charge in [0.1, 0.15) is 0 Å². The summed E-state index contributed by atoms with van der Waals surface area (Å²) in [4.78, 5) is 12.6. The first-order chi connectivity index (χ1) is 10.7. The van der Waals surface area contributed by atoms with Gasteiger partial charge < -0.3 is 9.88 Å². The number of anilines is 1. The summed E-state index contributed by atoms with van der Waals surface area (Å²) >= 11 is 0. The zero-order valence-corrected chi connectivity index (χ0v) is 12.0. The van der Waals surface area contributed by atoms with Crippen LogP contribution in [0.3, 0.4) is 0 Å². The number of aromatic amines is 1. The Labute approximate surface area is 126 Å². The first-order valence-corrected chi connectivity index (χ1v) is 7.02. The molecule has 4 aromatic rings. The molecule has 1 amide bonds. The fourth-order valence-electron chi connectivity index (χ4n) is 2.73. The fraction of sp³-hybridized carbons (Fsp3) is 0.0588. The quantitative estimate of drug-likeness (QED) is 0.595. The Morgan fingerprint density at radius 2 is 1.95 bits per heavy atom. The van der Waals surface area contributed by atoms with Gasteiger partial charge in [0.25, 0.3) is 5.91 Å². The number of carbonyl (C=O) groups excluding carboxylic acids is 1. The fourth-order valence-corrected chi connectivity index (χ4v) is 2.73. The van der Waals surface area contributed by atoms with Crippen LogP contribution in [-0.2, 0) is 7.05 Å². The summed E-state index contributed by atoms with van der Waals surface area (Å²) in [5.74, 6) is 0.391. The number of H-pyrrole nitrogens is 1. The number of fused-ring (bicyclic) bond motifs is 2. The van der Waals surface area contributed by atoms with Gasteiger partial charge in [-0.2, -0.15) is 5.10 Å². The summed E-state index contributed by atoms with van der Waals surface area (Å²) in [5.41, 5.74) is 2.57. The molecule has 0 aliphatic rings. The van der Waals surface area contributed by atoms with E-state index in [-0.39, 0.29) is 5.91 Å². The molecule has 2 aromatic heterocycles. The molecule has 2 aromatic carbocycles. The molecule has 0 aliphatic heterocycles. The van der Waals surface area contributed by atoms with Crippen molar-refractivity contribution in [2.45, 2.75) is 0 Å². The topological polar surface area (TPSA) is 62.7 Å². The zero-order valence-electron chi connectivity index (χ0n) is 12.0. The van der Waals surface area contributed by atoms with Gasteiger partial charge in [-0.05, 0) is 30.3 Å². The predicted molar refractivity (Wildman–Crippen MR) is 87.0 cm³/mol. The molecule has 0 saturated carbocycles. The monoisotopic (exact) mass is 290 g/mol. The molecule has 5 heteroatoms. The van der Waals surface area contributed by atoms with E-state index in [9.17, 15) is 4.79 Å². The summed E-state index contributed by atoms with van der Waals surface area (Å²) in [6.45, 7) is 0. The van der Waals surface area contributed by atoms with Crippen LogP contribution in [0.25, 0.3) is 21.8 Å². The number of aryl methyl sites for hydroxylation is 1. The third-order valence-corrected chi connectivity index (χ3v) is 3.87. The predicted octanol–water partition coefficient (Wildman–Crippen LogP) is 3.31. The molecular weight excluding hydrogens is 276 g/mol. The lowest BCUT2D eigenvalue weighted by Gasteiger charge is -2.05. The number of nitrogens with zero attached hydrogens (tertiary/aromatic N) is 2. The average molecular weight is 290 g/mol. The van der Waals surface area contributed by atoms with Crippen LogP contribution in [0.15, 0.2) is 54.7 Å². The molecule has 0 fully saturated rings. The Balaban J connectivity index is 1.75. The maximum Gasteiger partial charge on any atom is 0.257 e. The van der Waals surface area contributed by atoms with Crippen molar-refractivity contribution in [3.8, 4) is 0 Å². The van der Waals surface area contributed by atoms with Crippen LogP contribution in [0.2, 0.25) is 0 Å². The van der Waals surface area contributed by atoms with Gasteiger partial charge >= 0.3 is 0 Å². The van der Waals surface area contributed by atoms with Gasteiger partial charge in [0.05, 0.1) is 5.52 Å². The molecule has 0 saturated heterocycles. The minimum atomic E-state index is -0.158. The second kappa shape index (κ2) is 4.73. The minimum absolute atomic E-state index is 0.158. The Morgan fingerprint density at radius 1 is 1.09 bits per heavy atom. The van der Waals surface area contributed by atoms with E-state index in [0.29, 0.717) is 11.4 Å². The molecule has 0 spiro atoms. The van der Waals surface area contributed by atoms with Gasteiger partial charge in [-0.25, -0.2) is 0 Å². The summed E-state index contributed by atoms with van der Waals surface area (Å²) in [6, 6.07) is 15.4. The lowest BCUT2D eigenvalue weighted by Crippen LogP contribution is -2.12. The van der Waals surface area contributed by atoms with Crippen molar-refractivity contribution in [3.05, 3.63) is 60.3 Å². The van der Waals surface area contributed by atoms with Gasteiger partial charge in [-0.1, -0.05) is 18.2 Å². The van der Waals surface area contributed by atoms with Crippen LogP contribution in [-0.4, -0.2) is 20.7 Å². The van der Waals surface area contributed by atoms with Gasteiger partial charge in [-0.15, -0.1) is 0 Å². The van der Waals surface area contributed by atoms with Gasteiger partial charge in [-0.3, -0.25) is 9.89 Å². The van der Waals surface area contributed by atoms with Crippen molar-refractivity contribution >= 4 is 33.5 Å². The van der Waals surface area contributed by atoms with Crippen LogP contribution >= 0.6 is 0 Å². The molecule has 0 aliphatic carbocycles. The first kappa shape index (κ1) is 12.6. The Kier molecular flexibility index (Phi) is 2.72. The number of benzene rings is 2. The van der Waals surface area contributed by atoms with Gasteiger partial charge in [0, 0.05) is 35.1 Å². The number of carbonyl (C=O) groups is 1. The second-order valence-corrected chi connectivity index (χ2v) is 5.24. The largest absolute Gasteiger partial charge is 0.351 e. The van der Waals surface area contributed by atoms with Crippen LogP contribution in [0, 0.1) is 0 Å². The third kappa shape index (κ3) is 1.87. The number of amides is 1. The molecule has 0 radical (unpaired) electrons. The van der Waals surface area contributed by atoms with E-state index in [1.165, 1.54) is 0 Å². The van der Waals surface area contributed by atoms with Crippen molar-refractivity contribution in [2.75, 3.05) is 5.32 Å². The second-order valence-electron chi connectivity index (χ2n) is 5.24. The SMILES string of the molecule is Cn1ccc2c(C(=O)Nc3n[nH]c4ccccc34)cccc21. The van der Waals surface area contributed by atoms with Crippen LogP contribution in [0.1, 0.15) is 10.4 Å². The summed E-state index contributed by atoms with van der Waals surface area (Å²) in [7, 11) is 1.96. The van der Waals surface area contributed by atoms with Crippen molar-refractivity contribution < 1.29 is 4.79 Å². The van der Waals surface area contributed by atoms with Crippen LogP contribution in [0.4, 0.5) is 5.82 Å². The number of para-hydroxylation sites is 1. The van der Waals surface area contributed by atoms with E-state index in [2.05, 4.69) is 15.5 Å². The number of aromatic nitrogens is 3. The molecule has 0 unspecified atom stereocenters. The average Bonchev–Trinajstić information content (AvgIpc) is 3.12.